The van der Waals surface area contributed by atoms with Gasteiger partial charge in [-0.05, 0) is 37.1 Å². The van der Waals surface area contributed by atoms with Crippen molar-refractivity contribution >= 4 is 6.09 Å². The summed E-state index contributed by atoms with van der Waals surface area (Å²) in [6.45, 7) is 2.58. The van der Waals surface area contributed by atoms with E-state index in [1.165, 1.54) is 19.2 Å². The molecule has 1 heterocycles. The molecule has 1 unspecified atom stereocenters. The van der Waals surface area contributed by atoms with Crippen molar-refractivity contribution in [1.29, 1.82) is 0 Å². The van der Waals surface area contributed by atoms with E-state index in [1.54, 1.807) is 6.07 Å². The number of benzene rings is 1. The van der Waals surface area contributed by atoms with Gasteiger partial charge in [-0.3, -0.25) is 0 Å². The van der Waals surface area contributed by atoms with E-state index in [9.17, 15) is 9.18 Å². The van der Waals surface area contributed by atoms with E-state index in [0.29, 0.717) is 19.1 Å². The summed E-state index contributed by atoms with van der Waals surface area (Å²) in [6, 6.07) is 6.53. The lowest BCUT2D eigenvalue weighted by molar-refractivity contribution is 0.00458. The highest BCUT2D eigenvalue weighted by Gasteiger charge is 2.26. The summed E-state index contributed by atoms with van der Waals surface area (Å²) in [5.41, 5.74) is 0.840. The zero-order chi connectivity index (χ0) is 15.8. The molecule has 22 heavy (non-hydrogen) atoms. The van der Waals surface area contributed by atoms with Gasteiger partial charge in [-0.15, -0.1) is 0 Å². The summed E-state index contributed by atoms with van der Waals surface area (Å²) in [5.74, 6) is 0.0382. The van der Waals surface area contributed by atoms with Gasteiger partial charge in [0.2, 0.25) is 0 Å². The van der Waals surface area contributed by atoms with Crippen LogP contribution in [0.25, 0.3) is 0 Å². The molecule has 1 aliphatic heterocycles. The summed E-state index contributed by atoms with van der Waals surface area (Å²) in [7, 11) is 1.32. The van der Waals surface area contributed by atoms with Crippen molar-refractivity contribution < 1.29 is 18.7 Å². The first-order chi connectivity index (χ1) is 10.7. The molecule has 0 aliphatic carbocycles. The number of ether oxygens (including phenoxy) is 2. The van der Waals surface area contributed by atoms with Crippen molar-refractivity contribution in [2.24, 2.45) is 5.92 Å². The van der Waals surface area contributed by atoms with Gasteiger partial charge in [0.15, 0.2) is 0 Å². The van der Waals surface area contributed by atoms with E-state index in [4.69, 9.17) is 4.74 Å². The molecule has 2 N–H and O–H groups in total. The summed E-state index contributed by atoms with van der Waals surface area (Å²) >= 11 is 0. The van der Waals surface area contributed by atoms with Gasteiger partial charge in [0, 0.05) is 19.0 Å². The zero-order valence-electron chi connectivity index (χ0n) is 12.8. The molecule has 1 aliphatic rings. The predicted octanol–water partition coefficient (Wildman–Crippen LogP) is 2.24. The third-order valence-electron chi connectivity index (χ3n) is 3.79. The van der Waals surface area contributed by atoms with E-state index >= 15 is 0 Å². The number of piperidine rings is 1. The Morgan fingerprint density at radius 1 is 1.55 bits per heavy atom. The van der Waals surface area contributed by atoms with E-state index < -0.39 is 6.09 Å². The molecule has 122 valence electrons. The summed E-state index contributed by atoms with van der Waals surface area (Å²) in [5, 5.41) is 5.93. The van der Waals surface area contributed by atoms with Crippen LogP contribution in [0.2, 0.25) is 0 Å². The predicted molar refractivity (Wildman–Crippen MR) is 81.1 cm³/mol. The van der Waals surface area contributed by atoms with Crippen molar-refractivity contribution in [3.63, 3.8) is 0 Å². The topological polar surface area (TPSA) is 59.6 Å². The molecular weight excluding hydrogens is 287 g/mol. The number of carbonyl (C=O) groups is 1. The second-order valence-electron chi connectivity index (χ2n) is 5.37. The minimum absolute atomic E-state index is 0.178. The largest absolute Gasteiger partial charge is 0.453 e. The highest BCUT2D eigenvalue weighted by molar-refractivity contribution is 5.66. The molecule has 2 rings (SSSR count). The average Bonchev–Trinajstić information content (AvgIpc) is 2.55. The lowest BCUT2D eigenvalue weighted by Gasteiger charge is -2.31. The molecule has 0 spiro atoms. The molecule has 1 fully saturated rings. The highest BCUT2D eigenvalue weighted by atomic mass is 19.1. The fourth-order valence-corrected chi connectivity index (χ4v) is 2.74. The smallest absolute Gasteiger partial charge is 0.406 e. The maximum atomic E-state index is 13.5. The second kappa shape index (κ2) is 8.70. The number of amides is 1. The average molecular weight is 310 g/mol. The van der Waals surface area contributed by atoms with Crippen LogP contribution < -0.4 is 10.6 Å². The normalized spacial score (nSPS) is 19.5. The fraction of sp³-hybridized carbons (Fsp3) is 0.562. The second-order valence-corrected chi connectivity index (χ2v) is 5.37. The van der Waals surface area contributed by atoms with Crippen molar-refractivity contribution in [2.45, 2.75) is 18.9 Å². The third kappa shape index (κ3) is 4.96. The monoisotopic (exact) mass is 310 g/mol. The Bertz CT molecular complexity index is 478. The molecule has 5 nitrogen and oxygen atoms in total. The molecule has 0 bridgehead atoms. The molecule has 0 radical (unpaired) electrons. The Labute approximate surface area is 130 Å². The Hall–Kier alpha value is -1.66. The SMILES string of the molecule is COC(=O)NCCO[C@@H](c1cccc(F)c1)C1CCCNC1. The highest BCUT2D eigenvalue weighted by Crippen LogP contribution is 2.30. The zero-order valence-corrected chi connectivity index (χ0v) is 12.8. The van der Waals surface area contributed by atoms with Crippen LogP contribution in [0, 0.1) is 11.7 Å². The standard InChI is InChI=1S/C16H23FN2O3/c1-21-16(20)19-8-9-22-15(13-5-3-7-18-11-13)12-4-2-6-14(17)10-12/h2,4,6,10,13,15,18H,3,5,7-9,11H2,1H3,(H,19,20)/t13?,15-/m0/s1. The number of carbonyl (C=O) groups excluding carboxylic acids is 1. The minimum atomic E-state index is -0.481. The number of alkyl carbamates (subject to hydrolysis) is 1. The van der Waals surface area contributed by atoms with Gasteiger partial charge in [0.25, 0.3) is 0 Å². The molecule has 1 amide bonds. The Kier molecular flexibility index (Phi) is 6.61. The van der Waals surface area contributed by atoms with Crippen LogP contribution in [0.5, 0.6) is 0 Å². The van der Waals surface area contributed by atoms with E-state index in [2.05, 4.69) is 15.4 Å². The molecule has 1 aromatic rings. The number of methoxy groups -OCH3 is 1. The van der Waals surface area contributed by atoms with E-state index in [1.807, 2.05) is 6.07 Å². The van der Waals surface area contributed by atoms with Gasteiger partial charge >= 0.3 is 6.09 Å². The van der Waals surface area contributed by atoms with E-state index in [0.717, 1.165) is 31.5 Å². The van der Waals surface area contributed by atoms with Gasteiger partial charge < -0.3 is 20.1 Å². The summed E-state index contributed by atoms with van der Waals surface area (Å²) < 4.78 is 23.9. The summed E-state index contributed by atoms with van der Waals surface area (Å²) in [6.07, 6.45) is 1.46. The lowest BCUT2D eigenvalue weighted by atomic mass is 9.89. The number of halogens is 1. The molecule has 1 aromatic carbocycles. The van der Waals surface area contributed by atoms with Gasteiger partial charge in [-0.25, -0.2) is 9.18 Å². The van der Waals surface area contributed by atoms with Crippen molar-refractivity contribution in [1.82, 2.24) is 10.6 Å². The number of nitrogens with one attached hydrogen (secondary N) is 2. The molecule has 0 saturated carbocycles. The lowest BCUT2D eigenvalue weighted by Crippen LogP contribution is -2.35. The van der Waals surface area contributed by atoms with Crippen molar-refractivity contribution in [3.05, 3.63) is 35.6 Å². The van der Waals surface area contributed by atoms with Crippen molar-refractivity contribution in [2.75, 3.05) is 33.4 Å². The van der Waals surface area contributed by atoms with Crippen LogP contribution in [0.4, 0.5) is 9.18 Å². The maximum Gasteiger partial charge on any atom is 0.406 e. The molecule has 1 saturated heterocycles. The number of rotatable bonds is 6. The van der Waals surface area contributed by atoms with Crippen LogP contribution in [0.3, 0.4) is 0 Å². The minimum Gasteiger partial charge on any atom is -0.453 e. The van der Waals surface area contributed by atoms with Gasteiger partial charge in [0.05, 0.1) is 19.8 Å². The molecular formula is C16H23FN2O3. The maximum absolute atomic E-state index is 13.5. The number of hydrogen-bond acceptors (Lipinski definition) is 4. The van der Waals surface area contributed by atoms with Gasteiger partial charge in [-0.2, -0.15) is 0 Å². The Balaban J connectivity index is 1.97. The first kappa shape index (κ1) is 16.7. The van der Waals surface area contributed by atoms with Crippen LogP contribution in [0.1, 0.15) is 24.5 Å². The van der Waals surface area contributed by atoms with Crippen LogP contribution in [0.15, 0.2) is 24.3 Å². The first-order valence-corrected chi connectivity index (χ1v) is 7.60. The molecule has 2 atom stereocenters. The van der Waals surface area contributed by atoms with Gasteiger partial charge in [-0.1, -0.05) is 12.1 Å². The number of hydrogen-bond donors (Lipinski definition) is 2. The molecule has 6 heteroatoms. The van der Waals surface area contributed by atoms with Crippen LogP contribution >= 0.6 is 0 Å². The van der Waals surface area contributed by atoms with Crippen LogP contribution in [-0.2, 0) is 9.47 Å². The van der Waals surface area contributed by atoms with Gasteiger partial charge in [0.1, 0.15) is 5.82 Å². The summed E-state index contributed by atoms with van der Waals surface area (Å²) in [4.78, 5) is 11.0. The fourth-order valence-electron chi connectivity index (χ4n) is 2.74. The first-order valence-electron chi connectivity index (χ1n) is 7.60. The third-order valence-corrected chi connectivity index (χ3v) is 3.79. The Morgan fingerprint density at radius 2 is 2.41 bits per heavy atom. The van der Waals surface area contributed by atoms with E-state index in [-0.39, 0.29) is 11.9 Å². The quantitative estimate of drug-likeness (QED) is 0.791. The Morgan fingerprint density at radius 3 is 3.09 bits per heavy atom. The molecule has 0 aromatic heterocycles. The van der Waals surface area contributed by atoms with Crippen LogP contribution in [-0.4, -0.2) is 39.4 Å². The van der Waals surface area contributed by atoms with Crippen molar-refractivity contribution in [3.8, 4) is 0 Å².